The summed E-state index contributed by atoms with van der Waals surface area (Å²) >= 11 is 0. The summed E-state index contributed by atoms with van der Waals surface area (Å²) in [4.78, 5) is 35.1. The lowest BCUT2D eigenvalue weighted by Gasteiger charge is -2.17. The van der Waals surface area contributed by atoms with Gasteiger partial charge in [0.2, 0.25) is 0 Å². The van der Waals surface area contributed by atoms with Gasteiger partial charge in [0.15, 0.2) is 0 Å². The molecule has 1 amide bonds. The molecule has 1 rings (SSSR count). The van der Waals surface area contributed by atoms with Crippen molar-refractivity contribution in [2.75, 3.05) is 6.61 Å². The third-order valence-electron chi connectivity index (χ3n) is 3.09. The summed E-state index contributed by atoms with van der Waals surface area (Å²) in [5.41, 5.74) is 1.04. The van der Waals surface area contributed by atoms with Crippen molar-refractivity contribution in [2.45, 2.75) is 39.7 Å². The molecule has 1 aromatic rings. The predicted molar refractivity (Wildman–Crippen MR) is 84.6 cm³/mol. The van der Waals surface area contributed by atoms with Crippen LogP contribution in [0.1, 0.15) is 32.8 Å². The van der Waals surface area contributed by atoms with Crippen LogP contribution in [0.2, 0.25) is 0 Å². The Hall–Kier alpha value is -2.37. The normalized spacial score (nSPS) is 11.7. The fourth-order valence-corrected chi connectivity index (χ4v) is 1.83. The second kappa shape index (κ2) is 9.61. The highest BCUT2D eigenvalue weighted by Gasteiger charge is 2.24. The van der Waals surface area contributed by atoms with E-state index in [1.165, 1.54) is 0 Å². The molecule has 0 heterocycles. The van der Waals surface area contributed by atoms with Gasteiger partial charge in [0.05, 0.1) is 12.5 Å². The van der Waals surface area contributed by atoms with Crippen LogP contribution in [0.25, 0.3) is 0 Å². The molecule has 0 saturated heterocycles. The SMILES string of the molecule is CCOC(=O)[C@H](CCc1ccccc1)NC(=O)OC(=O)C(C)C. The zero-order valence-electron chi connectivity index (χ0n) is 13.7. The van der Waals surface area contributed by atoms with Gasteiger partial charge in [-0.2, -0.15) is 0 Å². The molecule has 0 spiro atoms. The number of nitrogens with one attached hydrogen (secondary N) is 1. The van der Waals surface area contributed by atoms with E-state index in [0.717, 1.165) is 5.56 Å². The number of hydrogen-bond acceptors (Lipinski definition) is 5. The summed E-state index contributed by atoms with van der Waals surface area (Å²) in [6.45, 7) is 5.14. The van der Waals surface area contributed by atoms with Crippen LogP contribution in [0.3, 0.4) is 0 Å². The van der Waals surface area contributed by atoms with Crippen LogP contribution in [0.4, 0.5) is 4.79 Å². The lowest BCUT2D eigenvalue weighted by atomic mass is 10.1. The highest BCUT2D eigenvalue weighted by molar-refractivity contribution is 5.88. The molecule has 0 unspecified atom stereocenters. The van der Waals surface area contributed by atoms with Crippen LogP contribution < -0.4 is 5.32 Å². The first-order valence-electron chi connectivity index (χ1n) is 7.66. The van der Waals surface area contributed by atoms with Crippen molar-refractivity contribution >= 4 is 18.0 Å². The number of amides is 1. The smallest absolute Gasteiger partial charge is 0.415 e. The minimum Gasteiger partial charge on any atom is -0.464 e. The largest absolute Gasteiger partial charge is 0.464 e. The quantitative estimate of drug-likeness (QED) is 0.616. The Morgan fingerprint density at radius 1 is 1.09 bits per heavy atom. The Bertz CT molecular complexity index is 527. The van der Waals surface area contributed by atoms with E-state index in [9.17, 15) is 14.4 Å². The number of benzene rings is 1. The molecule has 1 atom stereocenters. The first-order valence-corrected chi connectivity index (χ1v) is 7.66. The highest BCUT2D eigenvalue weighted by Crippen LogP contribution is 2.07. The predicted octanol–water partition coefficient (Wildman–Crippen LogP) is 2.46. The molecule has 0 saturated carbocycles. The van der Waals surface area contributed by atoms with Crippen LogP contribution in [0.15, 0.2) is 30.3 Å². The molecule has 1 aromatic carbocycles. The van der Waals surface area contributed by atoms with E-state index in [1.54, 1.807) is 20.8 Å². The zero-order chi connectivity index (χ0) is 17.2. The lowest BCUT2D eigenvalue weighted by Crippen LogP contribution is -2.43. The molecule has 0 aliphatic heterocycles. The van der Waals surface area contributed by atoms with E-state index in [4.69, 9.17) is 4.74 Å². The van der Waals surface area contributed by atoms with E-state index in [-0.39, 0.29) is 6.61 Å². The number of aryl methyl sites for hydroxylation is 1. The van der Waals surface area contributed by atoms with Crippen molar-refractivity contribution in [3.8, 4) is 0 Å². The van der Waals surface area contributed by atoms with Crippen LogP contribution in [-0.4, -0.2) is 30.7 Å². The van der Waals surface area contributed by atoms with Gasteiger partial charge in [-0.3, -0.25) is 4.79 Å². The van der Waals surface area contributed by atoms with E-state index in [1.807, 2.05) is 30.3 Å². The minimum atomic E-state index is -0.935. The first-order chi connectivity index (χ1) is 10.9. The van der Waals surface area contributed by atoms with Crippen LogP contribution in [0, 0.1) is 5.92 Å². The Labute approximate surface area is 136 Å². The number of carbonyl (C=O) groups is 3. The summed E-state index contributed by atoms with van der Waals surface area (Å²) in [6.07, 6.45) is 0.00566. The number of rotatable bonds is 7. The Morgan fingerprint density at radius 3 is 2.30 bits per heavy atom. The third kappa shape index (κ3) is 6.95. The maximum atomic E-state index is 11.9. The second-order valence-electron chi connectivity index (χ2n) is 5.34. The molecule has 6 nitrogen and oxygen atoms in total. The molecule has 23 heavy (non-hydrogen) atoms. The fourth-order valence-electron chi connectivity index (χ4n) is 1.83. The van der Waals surface area contributed by atoms with Gasteiger partial charge in [0.25, 0.3) is 0 Å². The van der Waals surface area contributed by atoms with Crippen molar-refractivity contribution < 1.29 is 23.9 Å². The highest BCUT2D eigenvalue weighted by atomic mass is 16.6. The average Bonchev–Trinajstić information content (AvgIpc) is 2.52. The van der Waals surface area contributed by atoms with Crippen LogP contribution in [0.5, 0.6) is 0 Å². The number of ether oxygens (including phenoxy) is 2. The lowest BCUT2D eigenvalue weighted by molar-refractivity contribution is -0.147. The third-order valence-corrected chi connectivity index (χ3v) is 3.09. The maximum absolute atomic E-state index is 11.9. The van der Waals surface area contributed by atoms with E-state index in [0.29, 0.717) is 12.8 Å². The topological polar surface area (TPSA) is 81.7 Å². The van der Waals surface area contributed by atoms with Gasteiger partial charge in [-0.25, -0.2) is 9.59 Å². The molecular formula is C17H23NO5. The van der Waals surface area contributed by atoms with E-state index >= 15 is 0 Å². The molecule has 0 bridgehead atoms. The van der Waals surface area contributed by atoms with Gasteiger partial charge in [-0.05, 0) is 25.3 Å². The molecule has 126 valence electrons. The zero-order valence-corrected chi connectivity index (χ0v) is 13.7. The summed E-state index contributed by atoms with van der Waals surface area (Å²) in [7, 11) is 0. The molecule has 0 fully saturated rings. The Morgan fingerprint density at radius 2 is 1.74 bits per heavy atom. The van der Waals surface area contributed by atoms with Gasteiger partial charge in [0.1, 0.15) is 6.04 Å². The van der Waals surface area contributed by atoms with Gasteiger partial charge < -0.3 is 14.8 Å². The average molecular weight is 321 g/mol. The molecular weight excluding hydrogens is 298 g/mol. The number of alkyl carbamates (subject to hydrolysis) is 1. The molecule has 0 aliphatic rings. The Kier molecular flexibility index (Phi) is 7.80. The van der Waals surface area contributed by atoms with Crippen LogP contribution in [-0.2, 0) is 25.5 Å². The Balaban J connectivity index is 2.63. The molecule has 0 aliphatic carbocycles. The first kappa shape index (κ1) is 18.7. The van der Waals surface area contributed by atoms with Crippen molar-refractivity contribution in [1.29, 1.82) is 0 Å². The summed E-state index contributed by atoms with van der Waals surface area (Å²) in [5, 5.41) is 2.40. The molecule has 6 heteroatoms. The number of hydrogen-bond donors (Lipinski definition) is 1. The molecule has 0 radical (unpaired) electrons. The minimum absolute atomic E-state index is 0.211. The van der Waals surface area contributed by atoms with Gasteiger partial charge in [0, 0.05) is 0 Å². The van der Waals surface area contributed by atoms with E-state index in [2.05, 4.69) is 10.1 Å². The molecule has 0 aromatic heterocycles. The van der Waals surface area contributed by atoms with Gasteiger partial charge in [-0.15, -0.1) is 0 Å². The summed E-state index contributed by atoms with van der Waals surface area (Å²) in [5.74, 6) is -1.61. The monoisotopic (exact) mass is 321 g/mol. The number of esters is 2. The summed E-state index contributed by atoms with van der Waals surface area (Å²) < 4.78 is 9.58. The van der Waals surface area contributed by atoms with Crippen molar-refractivity contribution in [3.63, 3.8) is 0 Å². The maximum Gasteiger partial charge on any atom is 0.415 e. The van der Waals surface area contributed by atoms with Crippen LogP contribution >= 0.6 is 0 Å². The standard InChI is InChI=1S/C17H23NO5/c1-4-22-16(20)14(11-10-13-8-6-5-7-9-13)18-17(21)23-15(19)12(2)3/h5-9,12,14H,4,10-11H2,1-3H3,(H,18,21)/t14-/m0/s1. The van der Waals surface area contributed by atoms with Crippen molar-refractivity contribution in [3.05, 3.63) is 35.9 Å². The van der Waals surface area contributed by atoms with Gasteiger partial charge in [-0.1, -0.05) is 44.2 Å². The van der Waals surface area contributed by atoms with Crippen molar-refractivity contribution in [2.24, 2.45) is 5.92 Å². The summed E-state index contributed by atoms with van der Waals surface area (Å²) in [6, 6.07) is 8.71. The van der Waals surface area contributed by atoms with Gasteiger partial charge >= 0.3 is 18.0 Å². The molecule has 1 N–H and O–H groups in total. The van der Waals surface area contributed by atoms with E-state index < -0.39 is 30.0 Å². The number of carbonyl (C=O) groups excluding carboxylic acids is 3. The van der Waals surface area contributed by atoms with Crippen molar-refractivity contribution in [1.82, 2.24) is 5.32 Å². The fraction of sp³-hybridized carbons (Fsp3) is 0.471. The second-order valence-corrected chi connectivity index (χ2v) is 5.34.